The predicted octanol–water partition coefficient (Wildman–Crippen LogP) is 3.33. The molecule has 0 aliphatic rings. The lowest BCUT2D eigenvalue weighted by Gasteiger charge is -2.04. The first kappa shape index (κ1) is 11.6. The van der Waals surface area contributed by atoms with Gasteiger partial charge in [-0.3, -0.25) is 9.97 Å². The zero-order chi connectivity index (χ0) is 12.4. The molecule has 3 rings (SSSR count). The first-order valence-corrected chi connectivity index (χ1v) is 6.78. The maximum atomic E-state index is 4.40. The minimum Gasteiger partial charge on any atom is -0.254 e. The van der Waals surface area contributed by atoms with Gasteiger partial charge in [-0.25, -0.2) is 9.97 Å². The first-order chi connectivity index (χ1) is 8.83. The number of rotatable bonds is 2. The fourth-order valence-electron chi connectivity index (χ4n) is 1.51. The van der Waals surface area contributed by atoms with Crippen molar-refractivity contribution in [3.63, 3.8) is 0 Å². The van der Waals surface area contributed by atoms with Gasteiger partial charge in [-0.15, -0.1) is 0 Å². The second-order valence-electron chi connectivity index (χ2n) is 3.48. The molecule has 18 heavy (non-hydrogen) atoms. The van der Waals surface area contributed by atoms with Crippen LogP contribution in [0.2, 0.25) is 0 Å². The summed E-state index contributed by atoms with van der Waals surface area (Å²) < 4.78 is 0.923. The van der Waals surface area contributed by atoms with Gasteiger partial charge < -0.3 is 0 Å². The molecule has 0 amide bonds. The van der Waals surface area contributed by atoms with Crippen LogP contribution in [0.15, 0.2) is 57.5 Å². The van der Waals surface area contributed by atoms with E-state index in [1.807, 2.05) is 18.2 Å². The Balaban J connectivity index is 2.07. The van der Waals surface area contributed by atoms with Gasteiger partial charge in [0.2, 0.25) is 0 Å². The highest BCUT2D eigenvalue weighted by Crippen LogP contribution is 2.30. The van der Waals surface area contributed by atoms with Crippen molar-refractivity contribution in [2.75, 3.05) is 0 Å². The van der Waals surface area contributed by atoms with Crippen molar-refractivity contribution in [3.8, 4) is 0 Å². The van der Waals surface area contributed by atoms with E-state index in [1.54, 1.807) is 30.4 Å². The molecule has 6 heteroatoms. The van der Waals surface area contributed by atoms with Gasteiger partial charge in [0.1, 0.15) is 16.9 Å². The quantitative estimate of drug-likeness (QED) is 0.678. The molecule has 3 aromatic heterocycles. The molecule has 0 radical (unpaired) electrons. The van der Waals surface area contributed by atoms with Crippen LogP contribution in [0.25, 0.3) is 11.0 Å². The van der Waals surface area contributed by atoms with Gasteiger partial charge >= 0.3 is 0 Å². The van der Waals surface area contributed by atoms with Crippen LogP contribution in [-0.2, 0) is 0 Å². The molecule has 0 bridgehead atoms. The average molecular weight is 319 g/mol. The Labute approximate surface area is 116 Å². The smallest absolute Gasteiger partial charge is 0.116 e. The molecular weight excluding hydrogens is 312 g/mol. The lowest BCUT2D eigenvalue weighted by atomic mass is 10.3. The largest absolute Gasteiger partial charge is 0.254 e. The zero-order valence-electron chi connectivity index (χ0n) is 9.12. The molecule has 88 valence electrons. The third-order valence-corrected chi connectivity index (χ3v) is 3.71. The Morgan fingerprint density at radius 1 is 1.06 bits per heavy atom. The van der Waals surface area contributed by atoms with E-state index in [2.05, 4.69) is 35.9 Å². The number of halogens is 1. The molecule has 0 N–H and O–H groups in total. The number of hydrogen-bond acceptors (Lipinski definition) is 5. The lowest BCUT2D eigenvalue weighted by molar-refractivity contribution is 1.05. The minimum absolute atomic E-state index is 0.864. The standard InChI is InChI=1S/C12H7BrN4S/c13-8-5-9-12(16-6-8)10(1-4-15-9)18-11-2-3-14-7-17-11/h1-7H. The number of aromatic nitrogens is 4. The van der Waals surface area contributed by atoms with Crippen LogP contribution in [0.1, 0.15) is 0 Å². The summed E-state index contributed by atoms with van der Waals surface area (Å²) in [5.74, 6) is 0. The van der Waals surface area contributed by atoms with Gasteiger partial charge in [0, 0.05) is 28.0 Å². The summed E-state index contributed by atoms with van der Waals surface area (Å²) in [5.41, 5.74) is 1.74. The minimum atomic E-state index is 0.864. The molecule has 0 spiro atoms. The van der Waals surface area contributed by atoms with Crippen molar-refractivity contribution < 1.29 is 0 Å². The SMILES string of the molecule is Brc1cnc2c(Sc3ccncn3)ccnc2c1. The van der Waals surface area contributed by atoms with E-state index in [1.165, 1.54) is 6.33 Å². The van der Waals surface area contributed by atoms with Gasteiger partial charge in [-0.2, -0.15) is 0 Å². The van der Waals surface area contributed by atoms with E-state index in [0.717, 1.165) is 25.4 Å². The lowest BCUT2D eigenvalue weighted by Crippen LogP contribution is -1.87. The summed E-state index contributed by atoms with van der Waals surface area (Å²) >= 11 is 4.95. The van der Waals surface area contributed by atoms with Gasteiger partial charge in [0.25, 0.3) is 0 Å². The van der Waals surface area contributed by atoms with Crippen molar-refractivity contribution in [3.05, 3.63) is 47.6 Å². The Morgan fingerprint density at radius 3 is 2.83 bits per heavy atom. The summed E-state index contributed by atoms with van der Waals surface area (Å²) in [4.78, 5) is 17.8. The maximum Gasteiger partial charge on any atom is 0.116 e. The Bertz CT molecular complexity index is 690. The van der Waals surface area contributed by atoms with Gasteiger partial charge in [0.05, 0.1) is 5.52 Å². The molecule has 0 fully saturated rings. The molecule has 0 aliphatic heterocycles. The number of pyridine rings is 2. The monoisotopic (exact) mass is 318 g/mol. The first-order valence-electron chi connectivity index (χ1n) is 5.17. The highest BCUT2D eigenvalue weighted by Gasteiger charge is 2.06. The van der Waals surface area contributed by atoms with Crippen molar-refractivity contribution in [2.24, 2.45) is 0 Å². The molecule has 4 nitrogen and oxygen atoms in total. The van der Waals surface area contributed by atoms with E-state index < -0.39 is 0 Å². The van der Waals surface area contributed by atoms with Crippen LogP contribution in [0, 0.1) is 0 Å². The fraction of sp³-hybridized carbons (Fsp3) is 0. The van der Waals surface area contributed by atoms with Crippen LogP contribution in [-0.4, -0.2) is 19.9 Å². The molecule has 0 aliphatic carbocycles. The van der Waals surface area contributed by atoms with E-state index in [4.69, 9.17) is 0 Å². The highest BCUT2D eigenvalue weighted by molar-refractivity contribution is 9.10. The van der Waals surface area contributed by atoms with Crippen molar-refractivity contribution in [1.29, 1.82) is 0 Å². The Morgan fingerprint density at radius 2 is 2.00 bits per heavy atom. The van der Waals surface area contributed by atoms with E-state index >= 15 is 0 Å². The van der Waals surface area contributed by atoms with Crippen molar-refractivity contribution in [1.82, 2.24) is 19.9 Å². The zero-order valence-corrected chi connectivity index (χ0v) is 11.5. The normalized spacial score (nSPS) is 10.7. The van der Waals surface area contributed by atoms with Gasteiger partial charge in [0.15, 0.2) is 0 Å². The summed E-state index contributed by atoms with van der Waals surface area (Å²) in [5, 5.41) is 0.891. The topological polar surface area (TPSA) is 51.6 Å². The van der Waals surface area contributed by atoms with E-state index in [0.29, 0.717) is 0 Å². The summed E-state index contributed by atoms with van der Waals surface area (Å²) in [6.07, 6.45) is 6.81. The number of nitrogens with zero attached hydrogens (tertiary/aromatic N) is 4. The molecule has 0 aromatic carbocycles. The van der Waals surface area contributed by atoms with Crippen LogP contribution in [0.4, 0.5) is 0 Å². The van der Waals surface area contributed by atoms with E-state index in [9.17, 15) is 0 Å². The van der Waals surface area contributed by atoms with E-state index in [-0.39, 0.29) is 0 Å². The van der Waals surface area contributed by atoms with Gasteiger partial charge in [-0.1, -0.05) is 11.8 Å². The van der Waals surface area contributed by atoms with Crippen LogP contribution >= 0.6 is 27.7 Å². The van der Waals surface area contributed by atoms with Gasteiger partial charge in [-0.05, 0) is 34.1 Å². The van der Waals surface area contributed by atoms with Crippen LogP contribution in [0.5, 0.6) is 0 Å². The summed E-state index contributed by atoms with van der Waals surface area (Å²) in [7, 11) is 0. The molecule has 0 saturated carbocycles. The average Bonchev–Trinajstić information content (AvgIpc) is 2.40. The number of hydrogen-bond donors (Lipinski definition) is 0. The predicted molar refractivity (Wildman–Crippen MR) is 73.4 cm³/mol. The maximum absolute atomic E-state index is 4.40. The van der Waals surface area contributed by atoms with Crippen molar-refractivity contribution in [2.45, 2.75) is 9.92 Å². The molecule has 0 atom stereocenters. The molecule has 0 saturated heterocycles. The fourth-order valence-corrected chi connectivity index (χ4v) is 2.67. The number of fused-ring (bicyclic) bond motifs is 1. The third-order valence-electron chi connectivity index (χ3n) is 2.28. The second-order valence-corrected chi connectivity index (χ2v) is 5.46. The Hall–Kier alpha value is -1.53. The second kappa shape index (κ2) is 4.99. The summed E-state index contributed by atoms with van der Waals surface area (Å²) in [6, 6.07) is 5.76. The summed E-state index contributed by atoms with van der Waals surface area (Å²) in [6.45, 7) is 0. The third kappa shape index (κ3) is 2.34. The highest BCUT2D eigenvalue weighted by atomic mass is 79.9. The molecule has 3 heterocycles. The van der Waals surface area contributed by atoms with Crippen LogP contribution in [0.3, 0.4) is 0 Å². The Kier molecular flexibility index (Phi) is 3.21. The van der Waals surface area contributed by atoms with Crippen molar-refractivity contribution >= 4 is 38.7 Å². The molecule has 0 unspecified atom stereocenters. The van der Waals surface area contributed by atoms with Crippen LogP contribution < -0.4 is 0 Å². The molecule has 3 aromatic rings. The molecular formula is C12H7BrN4S.